The van der Waals surface area contributed by atoms with E-state index in [9.17, 15) is 0 Å². The van der Waals surface area contributed by atoms with Gasteiger partial charge in [0.25, 0.3) is 0 Å². The standard InChI is InChI=1S/C10H16O/c1-2-4-8-6-10-9(11-10)5-7(8)3-1/h7-10H,1-6H2/t7-,8+,9-,10+. The average molecular weight is 152 g/mol. The van der Waals surface area contributed by atoms with Gasteiger partial charge in [0.2, 0.25) is 0 Å². The third-order valence-corrected chi connectivity index (χ3v) is 3.82. The lowest BCUT2D eigenvalue weighted by molar-refractivity contribution is 0.190. The molecule has 11 heavy (non-hydrogen) atoms. The van der Waals surface area contributed by atoms with E-state index in [4.69, 9.17) is 4.74 Å². The summed E-state index contributed by atoms with van der Waals surface area (Å²) in [6.07, 6.45) is 10.2. The van der Waals surface area contributed by atoms with Gasteiger partial charge in [0.15, 0.2) is 0 Å². The Morgan fingerprint density at radius 1 is 0.818 bits per heavy atom. The Labute approximate surface area is 68.1 Å². The average Bonchev–Trinajstić information content (AvgIpc) is 2.77. The van der Waals surface area contributed by atoms with E-state index < -0.39 is 0 Å². The fourth-order valence-electron chi connectivity index (χ4n) is 3.10. The minimum absolute atomic E-state index is 0.703. The summed E-state index contributed by atoms with van der Waals surface area (Å²) in [5, 5.41) is 0. The van der Waals surface area contributed by atoms with Crippen molar-refractivity contribution >= 4 is 0 Å². The second kappa shape index (κ2) is 2.22. The van der Waals surface area contributed by atoms with Crippen LogP contribution in [0.1, 0.15) is 38.5 Å². The van der Waals surface area contributed by atoms with E-state index in [2.05, 4.69) is 0 Å². The molecule has 3 rings (SSSR count). The lowest BCUT2D eigenvalue weighted by Gasteiger charge is -2.33. The molecule has 0 aromatic carbocycles. The first-order valence-corrected chi connectivity index (χ1v) is 5.09. The Morgan fingerprint density at radius 3 is 1.91 bits per heavy atom. The van der Waals surface area contributed by atoms with Crippen LogP contribution < -0.4 is 0 Å². The summed E-state index contributed by atoms with van der Waals surface area (Å²) in [6.45, 7) is 0. The van der Waals surface area contributed by atoms with Gasteiger partial charge in [-0.05, 0) is 24.7 Å². The van der Waals surface area contributed by atoms with Gasteiger partial charge >= 0.3 is 0 Å². The molecule has 4 atom stereocenters. The van der Waals surface area contributed by atoms with Gasteiger partial charge in [-0.3, -0.25) is 0 Å². The summed E-state index contributed by atoms with van der Waals surface area (Å²) in [7, 11) is 0. The van der Waals surface area contributed by atoms with Gasteiger partial charge < -0.3 is 4.74 Å². The molecule has 0 amide bonds. The summed E-state index contributed by atoms with van der Waals surface area (Å²) in [5.41, 5.74) is 0. The Hall–Kier alpha value is -0.0400. The molecule has 0 spiro atoms. The highest BCUT2D eigenvalue weighted by molar-refractivity contribution is 4.96. The summed E-state index contributed by atoms with van der Waals surface area (Å²) < 4.78 is 5.57. The Kier molecular flexibility index (Phi) is 1.31. The van der Waals surface area contributed by atoms with Crippen molar-refractivity contribution in [1.82, 2.24) is 0 Å². The minimum Gasteiger partial charge on any atom is -0.370 e. The third-order valence-electron chi connectivity index (χ3n) is 3.82. The maximum Gasteiger partial charge on any atom is 0.0844 e. The molecule has 0 radical (unpaired) electrons. The SMILES string of the molecule is C1CC[C@H]2C[C@@H]3O[C@@H]3C[C@H]2C1. The first kappa shape index (κ1) is 6.47. The van der Waals surface area contributed by atoms with Crippen LogP contribution in [0.15, 0.2) is 0 Å². The monoisotopic (exact) mass is 152 g/mol. The summed E-state index contributed by atoms with van der Waals surface area (Å²) in [5.74, 6) is 2.10. The zero-order valence-electron chi connectivity index (χ0n) is 6.96. The molecule has 1 heteroatoms. The van der Waals surface area contributed by atoms with Crippen molar-refractivity contribution in [2.24, 2.45) is 11.8 Å². The van der Waals surface area contributed by atoms with Crippen molar-refractivity contribution in [3.8, 4) is 0 Å². The molecular formula is C10H16O. The minimum atomic E-state index is 0.703. The van der Waals surface area contributed by atoms with Gasteiger partial charge in [-0.1, -0.05) is 25.7 Å². The molecule has 2 saturated carbocycles. The second-order valence-corrected chi connectivity index (χ2v) is 4.49. The molecule has 3 aliphatic rings. The number of fused-ring (bicyclic) bond motifs is 2. The van der Waals surface area contributed by atoms with Gasteiger partial charge in [0.1, 0.15) is 0 Å². The highest BCUT2D eigenvalue weighted by Crippen LogP contribution is 2.48. The maximum absolute atomic E-state index is 5.57. The molecule has 1 saturated heterocycles. The molecule has 1 nitrogen and oxygen atoms in total. The fourth-order valence-corrected chi connectivity index (χ4v) is 3.10. The zero-order valence-corrected chi connectivity index (χ0v) is 6.96. The Morgan fingerprint density at radius 2 is 1.36 bits per heavy atom. The molecule has 0 aromatic rings. The van der Waals surface area contributed by atoms with Gasteiger partial charge in [-0.25, -0.2) is 0 Å². The first-order valence-electron chi connectivity index (χ1n) is 5.09. The van der Waals surface area contributed by atoms with Crippen LogP contribution in [0.3, 0.4) is 0 Å². The number of ether oxygens (including phenoxy) is 1. The van der Waals surface area contributed by atoms with Crippen LogP contribution >= 0.6 is 0 Å². The zero-order chi connectivity index (χ0) is 7.26. The Balaban J connectivity index is 1.73. The number of rotatable bonds is 0. The van der Waals surface area contributed by atoms with Gasteiger partial charge in [0, 0.05) is 0 Å². The van der Waals surface area contributed by atoms with Crippen molar-refractivity contribution in [1.29, 1.82) is 0 Å². The number of hydrogen-bond donors (Lipinski definition) is 0. The van der Waals surface area contributed by atoms with E-state index in [1.54, 1.807) is 0 Å². The molecule has 2 aliphatic carbocycles. The summed E-state index contributed by atoms with van der Waals surface area (Å²) >= 11 is 0. The third kappa shape index (κ3) is 1.01. The van der Waals surface area contributed by atoms with Crippen molar-refractivity contribution in [3.05, 3.63) is 0 Å². The maximum atomic E-state index is 5.57. The predicted molar refractivity (Wildman–Crippen MR) is 43.3 cm³/mol. The highest BCUT2D eigenvalue weighted by Gasteiger charge is 2.48. The largest absolute Gasteiger partial charge is 0.370 e. The highest BCUT2D eigenvalue weighted by atomic mass is 16.6. The van der Waals surface area contributed by atoms with Crippen LogP contribution in [0.2, 0.25) is 0 Å². The van der Waals surface area contributed by atoms with Crippen LogP contribution in [-0.4, -0.2) is 12.2 Å². The van der Waals surface area contributed by atoms with Crippen molar-refractivity contribution in [2.75, 3.05) is 0 Å². The van der Waals surface area contributed by atoms with Crippen LogP contribution in [0.4, 0.5) is 0 Å². The molecular weight excluding hydrogens is 136 g/mol. The molecule has 0 N–H and O–H groups in total. The van der Waals surface area contributed by atoms with Crippen LogP contribution in [0, 0.1) is 11.8 Å². The van der Waals surface area contributed by atoms with E-state index in [0.717, 1.165) is 11.8 Å². The molecule has 0 aromatic heterocycles. The normalized spacial score (nSPS) is 54.5. The van der Waals surface area contributed by atoms with E-state index >= 15 is 0 Å². The smallest absolute Gasteiger partial charge is 0.0844 e. The quantitative estimate of drug-likeness (QED) is 0.485. The van der Waals surface area contributed by atoms with Crippen LogP contribution in [0.5, 0.6) is 0 Å². The fraction of sp³-hybridized carbons (Fsp3) is 1.00. The summed E-state index contributed by atoms with van der Waals surface area (Å²) in [4.78, 5) is 0. The van der Waals surface area contributed by atoms with Crippen molar-refractivity contribution in [2.45, 2.75) is 50.7 Å². The second-order valence-electron chi connectivity index (χ2n) is 4.49. The van der Waals surface area contributed by atoms with Crippen LogP contribution in [0.25, 0.3) is 0 Å². The Bertz CT molecular complexity index is 148. The number of epoxide rings is 1. The molecule has 0 unspecified atom stereocenters. The molecule has 3 fully saturated rings. The van der Waals surface area contributed by atoms with Gasteiger partial charge in [-0.2, -0.15) is 0 Å². The predicted octanol–water partition coefficient (Wildman–Crippen LogP) is 2.35. The van der Waals surface area contributed by atoms with E-state index in [0.29, 0.717) is 12.2 Å². The van der Waals surface area contributed by atoms with E-state index in [-0.39, 0.29) is 0 Å². The van der Waals surface area contributed by atoms with E-state index in [1.165, 1.54) is 38.5 Å². The van der Waals surface area contributed by atoms with Crippen LogP contribution in [-0.2, 0) is 4.74 Å². The lowest BCUT2D eigenvalue weighted by atomic mass is 9.71. The summed E-state index contributed by atoms with van der Waals surface area (Å²) in [6, 6.07) is 0. The van der Waals surface area contributed by atoms with E-state index in [1.807, 2.05) is 0 Å². The molecule has 1 aliphatic heterocycles. The van der Waals surface area contributed by atoms with Gasteiger partial charge in [0.05, 0.1) is 12.2 Å². The van der Waals surface area contributed by atoms with Gasteiger partial charge in [-0.15, -0.1) is 0 Å². The molecule has 62 valence electrons. The lowest BCUT2D eigenvalue weighted by Crippen LogP contribution is -2.27. The first-order chi connectivity index (χ1) is 5.43. The number of hydrogen-bond acceptors (Lipinski definition) is 1. The molecule has 0 bridgehead atoms. The van der Waals surface area contributed by atoms with Crippen molar-refractivity contribution in [3.63, 3.8) is 0 Å². The molecule has 1 heterocycles. The van der Waals surface area contributed by atoms with Crippen molar-refractivity contribution < 1.29 is 4.74 Å². The topological polar surface area (TPSA) is 12.5 Å².